The van der Waals surface area contributed by atoms with E-state index in [1.54, 1.807) is 13.8 Å². The molecule has 1 aliphatic heterocycles. The molecule has 0 radical (unpaired) electrons. The molecule has 2 rings (SSSR count). The van der Waals surface area contributed by atoms with Crippen molar-refractivity contribution in [2.24, 2.45) is 0 Å². The van der Waals surface area contributed by atoms with E-state index in [9.17, 15) is 9.59 Å². The van der Waals surface area contributed by atoms with Crippen LogP contribution in [0.3, 0.4) is 0 Å². The maximum absolute atomic E-state index is 12.1. The van der Waals surface area contributed by atoms with E-state index in [2.05, 4.69) is 15.5 Å². The zero-order chi connectivity index (χ0) is 13.3. The monoisotopic (exact) mass is 252 g/mol. The Morgan fingerprint density at radius 3 is 2.72 bits per heavy atom. The van der Waals surface area contributed by atoms with Crippen molar-refractivity contribution in [3.8, 4) is 0 Å². The van der Waals surface area contributed by atoms with Crippen LogP contribution in [0.15, 0.2) is 4.52 Å². The lowest BCUT2D eigenvalue weighted by Crippen LogP contribution is -2.61. The Morgan fingerprint density at radius 2 is 2.17 bits per heavy atom. The summed E-state index contributed by atoms with van der Waals surface area (Å²) in [7, 11) is 0. The third-order valence-corrected chi connectivity index (χ3v) is 3.03. The third kappa shape index (κ3) is 2.20. The van der Waals surface area contributed by atoms with E-state index in [1.165, 1.54) is 4.90 Å². The van der Waals surface area contributed by atoms with Crippen LogP contribution in [0.25, 0.3) is 0 Å². The number of hydrogen-bond donors (Lipinski definition) is 1. The number of carbonyl (C=O) groups excluding carboxylic acids is 2. The summed E-state index contributed by atoms with van der Waals surface area (Å²) in [5.41, 5.74) is 0. The van der Waals surface area contributed by atoms with Crippen LogP contribution < -0.4 is 5.32 Å². The first-order valence-corrected chi connectivity index (χ1v) is 5.93. The summed E-state index contributed by atoms with van der Waals surface area (Å²) in [5, 5.41) is 6.44. The summed E-state index contributed by atoms with van der Waals surface area (Å²) < 4.78 is 4.86. The standard InChI is InChI=1S/C11H16N4O3/c1-4-8-11(17)15(6(2)10(16)13-8)5-9-12-7(3)18-14-9/h6,8H,4-5H2,1-3H3,(H,13,16). The van der Waals surface area contributed by atoms with Gasteiger partial charge in [0.1, 0.15) is 12.1 Å². The average molecular weight is 252 g/mol. The smallest absolute Gasteiger partial charge is 0.246 e. The molecule has 1 saturated heterocycles. The first kappa shape index (κ1) is 12.5. The van der Waals surface area contributed by atoms with Crippen molar-refractivity contribution in [2.45, 2.75) is 45.8 Å². The number of piperazine rings is 1. The molecular formula is C11H16N4O3. The molecule has 1 aliphatic rings. The van der Waals surface area contributed by atoms with Crippen LogP contribution >= 0.6 is 0 Å². The van der Waals surface area contributed by atoms with Crippen LogP contribution in [0.2, 0.25) is 0 Å². The lowest BCUT2D eigenvalue weighted by molar-refractivity contribution is -0.149. The Morgan fingerprint density at radius 1 is 1.44 bits per heavy atom. The Kier molecular flexibility index (Phi) is 3.31. The van der Waals surface area contributed by atoms with Crippen molar-refractivity contribution in [1.82, 2.24) is 20.4 Å². The zero-order valence-corrected chi connectivity index (χ0v) is 10.6. The molecule has 18 heavy (non-hydrogen) atoms. The lowest BCUT2D eigenvalue weighted by atomic mass is 10.1. The SMILES string of the molecule is CCC1NC(=O)C(C)N(Cc2noc(C)n2)C1=O. The van der Waals surface area contributed by atoms with Crippen molar-refractivity contribution in [2.75, 3.05) is 0 Å². The van der Waals surface area contributed by atoms with Gasteiger partial charge in [0.2, 0.25) is 17.7 Å². The molecule has 1 N–H and O–H groups in total. The fraction of sp³-hybridized carbons (Fsp3) is 0.636. The molecule has 1 fully saturated rings. The second-order valence-corrected chi connectivity index (χ2v) is 4.34. The van der Waals surface area contributed by atoms with Gasteiger partial charge in [-0.2, -0.15) is 4.98 Å². The summed E-state index contributed by atoms with van der Waals surface area (Å²) in [4.78, 5) is 29.4. The predicted octanol–water partition coefficient (Wildman–Crippen LogP) is 0.00352. The molecule has 98 valence electrons. The molecule has 0 aromatic carbocycles. The molecule has 0 saturated carbocycles. The van der Waals surface area contributed by atoms with E-state index in [0.717, 1.165) is 0 Å². The van der Waals surface area contributed by atoms with Crippen molar-refractivity contribution in [3.05, 3.63) is 11.7 Å². The number of nitrogens with one attached hydrogen (secondary N) is 1. The van der Waals surface area contributed by atoms with Crippen LogP contribution in [0, 0.1) is 6.92 Å². The fourth-order valence-corrected chi connectivity index (χ4v) is 1.94. The summed E-state index contributed by atoms with van der Waals surface area (Å²) in [6.45, 7) is 5.42. The van der Waals surface area contributed by atoms with Crippen molar-refractivity contribution in [3.63, 3.8) is 0 Å². The molecule has 2 heterocycles. The lowest BCUT2D eigenvalue weighted by Gasteiger charge is -2.36. The minimum absolute atomic E-state index is 0.105. The fourth-order valence-electron chi connectivity index (χ4n) is 1.94. The summed E-state index contributed by atoms with van der Waals surface area (Å²) in [6.07, 6.45) is 0.569. The molecule has 1 aromatic heterocycles. The summed E-state index contributed by atoms with van der Waals surface area (Å²) >= 11 is 0. The van der Waals surface area contributed by atoms with Crippen molar-refractivity contribution in [1.29, 1.82) is 0 Å². The number of carbonyl (C=O) groups is 2. The van der Waals surface area contributed by atoms with Gasteiger partial charge < -0.3 is 14.7 Å². The number of nitrogens with zero attached hydrogens (tertiary/aromatic N) is 3. The Hall–Kier alpha value is -1.92. The van der Waals surface area contributed by atoms with Crippen molar-refractivity contribution >= 4 is 11.8 Å². The molecule has 7 heteroatoms. The molecule has 2 atom stereocenters. The maximum Gasteiger partial charge on any atom is 0.246 e. The molecule has 1 aromatic rings. The van der Waals surface area contributed by atoms with Crippen LogP contribution in [0.1, 0.15) is 32.0 Å². The average Bonchev–Trinajstić information content (AvgIpc) is 2.75. The van der Waals surface area contributed by atoms with E-state index in [-0.39, 0.29) is 18.4 Å². The van der Waals surface area contributed by atoms with E-state index >= 15 is 0 Å². The summed E-state index contributed by atoms with van der Waals surface area (Å²) in [5.74, 6) is 0.601. The maximum atomic E-state index is 12.1. The van der Waals surface area contributed by atoms with Crippen molar-refractivity contribution < 1.29 is 14.1 Å². The van der Waals surface area contributed by atoms with Gasteiger partial charge in [0.05, 0.1) is 6.54 Å². The second kappa shape index (κ2) is 4.75. The number of hydrogen-bond acceptors (Lipinski definition) is 5. The molecule has 2 amide bonds. The highest BCUT2D eigenvalue weighted by atomic mass is 16.5. The van der Waals surface area contributed by atoms with E-state index in [4.69, 9.17) is 4.52 Å². The third-order valence-electron chi connectivity index (χ3n) is 3.03. The van der Waals surface area contributed by atoms with E-state index in [0.29, 0.717) is 18.1 Å². The van der Waals surface area contributed by atoms with Gasteiger partial charge >= 0.3 is 0 Å². The second-order valence-electron chi connectivity index (χ2n) is 4.34. The Labute approximate surface area is 105 Å². The van der Waals surface area contributed by atoms with Crippen LogP contribution in [0.4, 0.5) is 0 Å². The largest absolute Gasteiger partial charge is 0.343 e. The molecule has 7 nitrogen and oxygen atoms in total. The Bertz CT molecular complexity index is 471. The number of amides is 2. The number of rotatable bonds is 3. The normalized spacial score (nSPS) is 24.3. The number of aryl methyl sites for hydroxylation is 1. The molecular weight excluding hydrogens is 236 g/mol. The van der Waals surface area contributed by atoms with Gasteiger partial charge in [-0.1, -0.05) is 12.1 Å². The minimum atomic E-state index is -0.515. The topological polar surface area (TPSA) is 88.3 Å². The van der Waals surface area contributed by atoms with Gasteiger partial charge in [0, 0.05) is 6.92 Å². The molecule has 0 spiro atoms. The van der Waals surface area contributed by atoms with Gasteiger partial charge in [-0.15, -0.1) is 0 Å². The van der Waals surface area contributed by atoms with Crippen LogP contribution in [0.5, 0.6) is 0 Å². The van der Waals surface area contributed by atoms with Gasteiger partial charge in [-0.3, -0.25) is 9.59 Å². The van der Waals surface area contributed by atoms with Gasteiger partial charge in [-0.25, -0.2) is 0 Å². The highest BCUT2D eigenvalue weighted by Crippen LogP contribution is 2.14. The zero-order valence-electron chi connectivity index (χ0n) is 10.6. The van der Waals surface area contributed by atoms with E-state index in [1.807, 2.05) is 6.92 Å². The molecule has 0 aliphatic carbocycles. The van der Waals surface area contributed by atoms with E-state index < -0.39 is 12.1 Å². The first-order valence-electron chi connectivity index (χ1n) is 5.93. The van der Waals surface area contributed by atoms with Crippen LogP contribution in [-0.2, 0) is 16.1 Å². The molecule has 2 unspecified atom stereocenters. The van der Waals surface area contributed by atoms with Gasteiger partial charge in [0.15, 0.2) is 5.82 Å². The predicted molar refractivity (Wildman–Crippen MR) is 61.3 cm³/mol. The van der Waals surface area contributed by atoms with Gasteiger partial charge in [0.25, 0.3) is 0 Å². The molecule has 0 bridgehead atoms. The summed E-state index contributed by atoms with van der Waals surface area (Å²) in [6, 6.07) is -0.971. The number of aromatic nitrogens is 2. The first-order chi connectivity index (χ1) is 8.52. The minimum Gasteiger partial charge on any atom is -0.343 e. The van der Waals surface area contributed by atoms with Gasteiger partial charge in [-0.05, 0) is 13.3 Å². The van der Waals surface area contributed by atoms with Crippen LogP contribution in [-0.4, -0.2) is 38.9 Å². The highest BCUT2D eigenvalue weighted by Gasteiger charge is 2.37. The Balaban J connectivity index is 2.17. The highest BCUT2D eigenvalue weighted by molar-refractivity contribution is 5.96. The quantitative estimate of drug-likeness (QED) is 0.818.